The second kappa shape index (κ2) is 8.40. The van der Waals surface area contributed by atoms with Crippen molar-refractivity contribution in [2.24, 2.45) is 5.92 Å². The number of likely N-dealkylation sites (tertiary alicyclic amines) is 1. The molecule has 2 aliphatic rings. The topological polar surface area (TPSA) is 73.9 Å². The highest BCUT2D eigenvalue weighted by Gasteiger charge is 2.27. The van der Waals surface area contributed by atoms with Crippen molar-refractivity contribution in [1.29, 1.82) is 0 Å². The Morgan fingerprint density at radius 1 is 1.07 bits per heavy atom. The molecule has 2 fully saturated rings. The molecule has 1 aromatic heterocycles. The second-order valence-electron chi connectivity index (χ2n) is 8.44. The summed E-state index contributed by atoms with van der Waals surface area (Å²) >= 11 is 0. The number of carbonyl (C=O) groups excluding carboxylic acids is 1. The van der Waals surface area contributed by atoms with Crippen molar-refractivity contribution in [3.8, 4) is 11.4 Å². The highest BCUT2D eigenvalue weighted by atomic mass is 16.1. The van der Waals surface area contributed by atoms with Crippen molar-refractivity contribution in [3.63, 3.8) is 0 Å². The molecule has 3 aromatic rings. The maximum absolute atomic E-state index is 12.8. The van der Waals surface area contributed by atoms with E-state index in [1.54, 1.807) is 0 Å². The molecule has 1 saturated carbocycles. The molecule has 0 bridgehead atoms. The van der Waals surface area contributed by atoms with Crippen LogP contribution in [0.5, 0.6) is 0 Å². The Bertz CT molecular complexity index is 994. The molecule has 1 unspecified atom stereocenters. The molecule has 30 heavy (non-hydrogen) atoms. The van der Waals surface area contributed by atoms with Crippen LogP contribution in [-0.2, 0) is 11.3 Å². The van der Waals surface area contributed by atoms with E-state index in [0.29, 0.717) is 5.92 Å². The SMILES string of the molecule is O=C(Nc1ccc(-c2n[nH]c(C3CC3)n2)cc1)C1CCCN(Cc2ccccc2)C1. The number of hydrogen-bond acceptors (Lipinski definition) is 4. The summed E-state index contributed by atoms with van der Waals surface area (Å²) in [6.45, 7) is 2.76. The number of anilines is 1. The van der Waals surface area contributed by atoms with E-state index in [1.165, 1.54) is 18.4 Å². The number of aromatic amines is 1. The number of hydrogen-bond donors (Lipinski definition) is 2. The molecule has 1 aliphatic carbocycles. The van der Waals surface area contributed by atoms with E-state index in [0.717, 1.165) is 55.4 Å². The molecular weight excluding hydrogens is 374 g/mol. The smallest absolute Gasteiger partial charge is 0.228 e. The van der Waals surface area contributed by atoms with Gasteiger partial charge >= 0.3 is 0 Å². The average molecular weight is 402 g/mol. The van der Waals surface area contributed by atoms with Crippen LogP contribution in [0.3, 0.4) is 0 Å². The molecule has 1 amide bonds. The summed E-state index contributed by atoms with van der Waals surface area (Å²) in [6, 6.07) is 18.3. The Morgan fingerprint density at radius 3 is 2.63 bits per heavy atom. The summed E-state index contributed by atoms with van der Waals surface area (Å²) in [5.74, 6) is 2.39. The van der Waals surface area contributed by atoms with Gasteiger partial charge in [-0.05, 0) is 62.1 Å². The molecule has 1 saturated heterocycles. The van der Waals surface area contributed by atoms with Gasteiger partial charge in [0.1, 0.15) is 5.82 Å². The van der Waals surface area contributed by atoms with Crippen LogP contribution in [0, 0.1) is 5.92 Å². The Morgan fingerprint density at radius 2 is 1.87 bits per heavy atom. The van der Waals surface area contributed by atoms with E-state index < -0.39 is 0 Å². The fourth-order valence-corrected chi connectivity index (χ4v) is 4.14. The average Bonchev–Trinajstić information content (AvgIpc) is 3.52. The predicted octanol–water partition coefficient (Wildman–Crippen LogP) is 4.20. The first-order chi connectivity index (χ1) is 14.7. The minimum absolute atomic E-state index is 0.0243. The summed E-state index contributed by atoms with van der Waals surface area (Å²) in [7, 11) is 0. The number of carbonyl (C=O) groups is 1. The lowest BCUT2D eigenvalue weighted by Gasteiger charge is -2.32. The fraction of sp³-hybridized carbons (Fsp3) is 0.375. The summed E-state index contributed by atoms with van der Waals surface area (Å²) in [5.41, 5.74) is 3.08. The van der Waals surface area contributed by atoms with Crippen LogP contribution in [0.1, 0.15) is 43.0 Å². The van der Waals surface area contributed by atoms with Crippen molar-refractivity contribution in [1.82, 2.24) is 20.1 Å². The lowest BCUT2D eigenvalue weighted by molar-refractivity contribution is -0.121. The Hall–Kier alpha value is -2.99. The molecule has 0 radical (unpaired) electrons. The van der Waals surface area contributed by atoms with Crippen LogP contribution in [0.4, 0.5) is 5.69 Å². The molecule has 5 rings (SSSR count). The zero-order valence-corrected chi connectivity index (χ0v) is 17.1. The summed E-state index contributed by atoms with van der Waals surface area (Å²) in [4.78, 5) is 19.8. The number of rotatable bonds is 6. The third kappa shape index (κ3) is 4.44. The minimum Gasteiger partial charge on any atom is -0.326 e. The van der Waals surface area contributed by atoms with Gasteiger partial charge in [-0.3, -0.25) is 14.8 Å². The second-order valence-corrected chi connectivity index (χ2v) is 8.44. The zero-order chi connectivity index (χ0) is 20.3. The Balaban J connectivity index is 1.18. The summed E-state index contributed by atoms with van der Waals surface area (Å²) < 4.78 is 0. The normalized spacial score (nSPS) is 19.5. The largest absolute Gasteiger partial charge is 0.326 e. The Kier molecular flexibility index (Phi) is 5.32. The van der Waals surface area contributed by atoms with E-state index in [9.17, 15) is 4.79 Å². The van der Waals surface area contributed by atoms with Crippen LogP contribution in [0.2, 0.25) is 0 Å². The number of nitrogens with one attached hydrogen (secondary N) is 2. The first-order valence-corrected chi connectivity index (χ1v) is 10.8. The van der Waals surface area contributed by atoms with Crippen molar-refractivity contribution in [3.05, 3.63) is 66.0 Å². The van der Waals surface area contributed by atoms with Gasteiger partial charge < -0.3 is 5.32 Å². The minimum atomic E-state index is 0.0243. The van der Waals surface area contributed by atoms with Gasteiger partial charge in [0.25, 0.3) is 0 Å². The van der Waals surface area contributed by atoms with Gasteiger partial charge in [0.15, 0.2) is 5.82 Å². The zero-order valence-electron chi connectivity index (χ0n) is 17.1. The predicted molar refractivity (Wildman–Crippen MR) is 117 cm³/mol. The maximum atomic E-state index is 12.8. The van der Waals surface area contributed by atoms with Crippen LogP contribution >= 0.6 is 0 Å². The van der Waals surface area contributed by atoms with Crippen LogP contribution in [0.15, 0.2) is 54.6 Å². The van der Waals surface area contributed by atoms with Gasteiger partial charge in [0.2, 0.25) is 5.91 Å². The van der Waals surface area contributed by atoms with Gasteiger partial charge in [-0.15, -0.1) is 0 Å². The fourth-order valence-electron chi connectivity index (χ4n) is 4.14. The monoisotopic (exact) mass is 401 g/mol. The van der Waals surface area contributed by atoms with Gasteiger partial charge in [-0.1, -0.05) is 30.3 Å². The third-order valence-corrected chi connectivity index (χ3v) is 6.00. The number of nitrogens with zero attached hydrogens (tertiary/aromatic N) is 3. The van der Waals surface area contributed by atoms with E-state index in [2.05, 4.69) is 49.7 Å². The molecular formula is C24H27N5O. The van der Waals surface area contributed by atoms with Crippen LogP contribution in [0.25, 0.3) is 11.4 Å². The quantitative estimate of drug-likeness (QED) is 0.649. The van der Waals surface area contributed by atoms with E-state index >= 15 is 0 Å². The van der Waals surface area contributed by atoms with E-state index in [1.807, 2.05) is 30.3 Å². The standard InChI is InChI=1S/C24H27N5O/c30-24(20-7-4-14-29(16-20)15-17-5-2-1-3-6-17)25-21-12-10-19(11-13-21)23-26-22(27-28-23)18-8-9-18/h1-3,5-6,10-13,18,20H,4,7-9,14-16H2,(H,25,30)(H,26,27,28). The number of amides is 1. The molecule has 154 valence electrons. The van der Waals surface area contributed by atoms with Crippen LogP contribution in [-0.4, -0.2) is 39.1 Å². The first-order valence-electron chi connectivity index (χ1n) is 10.8. The molecule has 0 spiro atoms. The number of benzene rings is 2. The molecule has 1 aliphatic heterocycles. The van der Waals surface area contributed by atoms with Gasteiger partial charge in [0.05, 0.1) is 5.92 Å². The van der Waals surface area contributed by atoms with Crippen molar-refractivity contribution in [2.45, 2.75) is 38.1 Å². The molecule has 6 nitrogen and oxygen atoms in total. The van der Waals surface area contributed by atoms with E-state index in [4.69, 9.17) is 0 Å². The van der Waals surface area contributed by atoms with Crippen molar-refractivity contribution < 1.29 is 4.79 Å². The molecule has 2 N–H and O–H groups in total. The molecule has 1 atom stereocenters. The maximum Gasteiger partial charge on any atom is 0.228 e. The lowest BCUT2D eigenvalue weighted by Crippen LogP contribution is -2.40. The number of aromatic nitrogens is 3. The number of H-pyrrole nitrogens is 1. The van der Waals surface area contributed by atoms with Gasteiger partial charge in [-0.2, -0.15) is 5.10 Å². The van der Waals surface area contributed by atoms with E-state index in [-0.39, 0.29) is 11.8 Å². The molecule has 2 aromatic carbocycles. The Labute approximate surface area is 176 Å². The summed E-state index contributed by atoms with van der Waals surface area (Å²) in [5, 5.41) is 10.5. The molecule has 6 heteroatoms. The molecule has 2 heterocycles. The van der Waals surface area contributed by atoms with Gasteiger partial charge in [0, 0.05) is 30.3 Å². The lowest BCUT2D eigenvalue weighted by atomic mass is 9.96. The van der Waals surface area contributed by atoms with Crippen LogP contribution < -0.4 is 5.32 Å². The highest BCUT2D eigenvalue weighted by molar-refractivity contribution is 5.93. The van der Waals surface area contributed by atoms with Crippen molar-refractivity contribution in [2.75, 3.05) is 18.4 Å². The van der Waals surface area contributed by atoms with Gasteiger partial charge in [-0.25, -0.2) is 4.98 Å². The van der Waals surface area contributed by atoms with Crippen molar-refractivity contribution >= 4 is 11.6 Å². The third-order valence-electron chi connectivity index (χ3n) is 6.00. The first kappa shape index (κ1) is 19.0. The highest BCUT2D eigenvalue weighted by Crippen LogP contribution is 2.38. The number of piperidine rings is 1. The summed E-state index contributed by atoms with van der Waals surface area (Å²) in [6.07, 6.45) is 4.39.